The average molecular weight is 474 g/mol. The van der Waals surface area contributed by atoms with E-state index in [-0.39, 0.29) is 31.5 Å². The maximum Gasteiger partial charge on any atom is 0.426 e. The minimum absolute atomic E-state index is 0.244. The van der Waals surface area contributed by atoms with E-state index < -0.39 is 24.9 Å². The molecule has 0 bridgehead atoms. The van der Waals surface area contributed by atoms with Crippen LogP contribution in [0.3, 0.4) is 0 Å². The molecule has 1 N–H and O–H groups in total. The molecule has 7 nitrogen and oxygen atoms in total. The first-order valence-corrected chi connectivity index (χ1v) is 10.2. The van der Waals surface area contributed by atoms with Crippen molar-refractivity contribution in [2.45, 2.75) is 24.8 Å². The van der Waals surface area contributed by atoms with Crippen LogP contribution >= 0.6 is 11.6 Å². The number of carbonyl (C=O) groups excluding carboxylic acids is 1. The van der Waals surface area contributed by atoms with Gasteiger partial charge in [0.05, 0.1) is 19.8 Å². The molecule has 1 fully saturated rings. The highest BCUT2D eigenvalue weighted by Gasteiger charge is 2.44. The molecular formula is C21H23ClF3N3O4. The molecule has 0 radical (unpaired) electrons. The minimum Gasteiger partial charge on any atom is -0.481 e. The number of ether oxygens (including phenoxy) is 3. The first-order chi connectivity index (χ1) is 15.2. The summed E-state index contributed by atoms with van der Waals surface area (Å²) >= 11 is 5.76. The third-order valence-electron chi connectivity index (χ3n) is 4.78. The molecule has 0 aliphatic carbocycles. The van der Waals surface area contributed by atoms with Gasteiger partial charge in [-0.1, -0.05) is 17.7 Å². The van der Waals surface area contributed by atoms with Gasteiger partial charge >= 0.3 is 12.3 Å². The molecule has 1 aromatic heterocycles. The smallest absolute Gasteiger partial charge is 0.426 e. The zero-order valence-corrected chi connectivity index (χ0v) is 18.0. The van der Waals surface area contributed by atoms with Crippen LogP contribution in [0.4, 0.5) is 23.7 Å². The van der Waals surface area contributed by atoms with Gasteiger partial charge in [-0.2, -0.15) is 13.2 Å². The minimum atomic E-state index is -4.72. The van der Waals surface area contributed by atoms with Crippen LogP contribution in [0, 0.1) is 0 Å². The van der Waals surface area contributed by atoms with Crippen molar-refractivity contribution >= 4 is 23.4 Å². The number of rotatable bonds is 7. The van der Waals surface area contributed by atoms with E-state index in [1.165, 1.54) is 31.4 Å². The number of alkyl halides is 3. The predicted octanol–water partition coefficient (Wildman–Crippen LogP) is 4.17. The molecule has 0 spiro atoms. The molecule has 2 atom stereocenters. The van der Waals surface area contributed by atoms with E-state index in [1.54, 1.807) is 23.1 Å². The largest absolute Gasteiger partial charge is 0.481 e. The number of aromatic nitrogens is 1. The topological polar surface area (TPSA) is 72.9 Å². The lowest BCUT2D eigenvalue weighted by Crippen LogP contribution is -2.50. The van der Waals surface area contributed by atoms with Gasteiger partial charge in [-0.15, -0.1) is 0 Å². The number of hydrogen-bond donors (Lipinski definition) is 1. The average Bonchev–Trinajstić information content (AvgIpc) is 2.75. The number of methoxy groups -OCH3 is 1. The number of pyridine rings is 1. The van der Waals surface area contributed by atoms with Crippen molar-refractivity contribution < 1.29 is 32.2 Å². The van der Waals surface area contributed by atoms with Crippen molar-refractivity contribution in [2.75, 3.05) is 38.7 Å². The number of nitrogens with zero attached hydrogens (tertiary/aromatic N) is 2. The van der Waals surface area contributed by atoms with E-state index in [2.05, 4.69) is 10.3 Å². The van der Waals surface area contributed by atoms with Crippen molar-refractivity contribution in [3.8, 4) is 5.88 Å². The molecule has 32 heavy (non-hydrogen) atoms. The number of benzene rings is 1. The van der Waals surface area contributed by atoms with Crippen LogP contribution in [0.15, 0.2) is 42.5 Å². The lowest BCUT2D eigenvalue weighted by Gasteiger charge is -2.35. The van der Waals surface area contributed by atoms with Crippen molar-refractivity contribution in [1.29, 1.82) is 0 Å². The van der Waals surface area contributed by atoms with Gasteiger partial charge in [0.1, 0.15) is 0 Å². The fraction of sp³-hybridized carbons (Fsp3) is 0.429. The van der Waals surface area contributed by atoms with Crippen LogP contribution in [-0.2, 0) is 15.9 Å². The summed E-state index contributed by atoms with van der Waals surface area (Å²) in [5.74, 6) is 0.451. The van der Waals surface area contributed by atoms with E-state index >= 15 is 0 Å². The van der Waals surface area contributed by atoms with Gasteiger partial charge in [-0.3, -0.25) is 10.2 Å². The molecule has 11 heteroatoms. The van der Waals surface area contributed by atoms with Crippen LogP contribution in [0.1, 0.15) is 5.69 Å². The summed E-state index contributed by atoms with van der Waals surface area (Å²) in [5, 5.41) is 2.71. The molecule has 1 aliphatic heterocycles. The standard InChI is InChI=1S/C21H23ClF3N3O4/c1-30-19-4-2-3-16(26-19)11-17-12-28(9-10-31-17)13-18(21(23,24)25)32-20(29)27-15-7-5-14(22)6-8-15/h2-8,17-18H,9-13H2,1H3,(H,27,29). The molecule has 2 unspecified atom stereocenters. The Hall–Kier alpha value is -2.56. The predicted molar refractivity (Wildman–Crippen MR) is 112 cm³/mol. The fourth-order valence-corrected chi connectivity index (χ4v) is 3.37. The van der Waals surface area contributed by atoms with E-state index in [9.17, 15) is 18.0 Å². The molecule has 174 valence electrons. The maximum atomic E-state index is 13.6. The van der Waals surface area contributed by atoms with Crippen LogP contribution in [0.5, 0.6) is 5.88 Å². The van der Waals surface area contributed by atoms with E-state index in [4.69, 9.17) is 25.8 Å². The van der Waals surface area contributed by atoms with E-state index in [0.29, 0.717) is 23.0 Å². The molecule has 0 saturated carbocycles. The lowest BCUT2D eigenvalue weighted by molar-refractivity contribution is -0.209. The maximum absolute atomic E-state index is 13.6. The monoisotopic (exact) mass is 473 g/mol. The van der Waals surface area contributed by atoms with Gasteiger partial charge in [0.15, 0.2) is 0 Å². The second kappa shape index (κ2) is 10.8. The molecular weight excluding hydrogens is 451 g/mol. The van der Waals surface area contributed by atoms with Gasteiger partial charge in [0.25, 0.3) is 0 Å². The highest BCUT2D eigenvalue weighted by Crippen LogP contribution is 2.25. The molecule has 1 aromatic carbocycles. The summed E-state index contributed by atoms with van der Waals surface area (Å²) in [4.78, 5) is 17.9. The Bertz CT molecular complexity index is 899. The first-order valence-electron chi connectivity index (χ1n) is 9.86. The highest BCUT2D eigenvalue weighted by atomic mass is 35.5. The van der Waals surface area contributed by atoms with Crippen molar-refractivity contribution in [2.24, 2.45) is 0 Å². The fourth-order valence-electron chi connectivity index (χ4n) is 3.24. The van der Waals surface area contributed by atoms with Crippen LogP contribution in [-0.4, -0.2) is 67.7 Å². The van der Waals surface area contributed by atoms with Crippen LogP contribution < -0.4 is 10.1 Å². The second-order valence-electron chi connectivity index (χ2n) is 7.20. The number of nitrogens with one attached hydrogen (secondary N) is 1. The van der Waals surface area contributed by atoms with Gasteiger partial charge in [0.2, 0.25) is 12.0 Å². The molecule has 2 aromatic rings. The van der Waals surface area contributed by atoms with E-state index in [1.807, 2.05) is 0 Å². The summed E-state index contributed by atoms with van der Waals surface area (Å²) in [6.07, 6.45) is -8.13. The summed E-state index contributed by atoms with van der Waals surface area (Å²) in [7, 11) is 1.51. The van der Waals surface area contributed by atoms with Crippen molar-refractivity contribution in [3.63, 3.8) is 0 Å². The number of anilines is 1. The SMILES string of the molecule is COc1cccc(CC2CN(CC(OC(=O)Nc3ccc(Cl)cc3)C(F)(F)F)CCO2)n1. The van der Waals surface area contributed by atoms with Crippen molar-refractivity contribution in [3.05, 3.63) is 53.2 Å². The van der Waals surface area contributed by atoms with E-state index in [0.717, 1.165) is 0 Å². The Morgan fingerprint density at radius 3 is 2.75 bits per heavy atom. The quantitative estimate of drug-likeness (QED) is 0.651. The Kier molecular flexibility index (Phi) is 8.16. The van der Waals surface area contributed by atoms with Gasteiger partial charge < -0.3 is 14.2 Å². The first kappa shape index (κ1) is 24.1. The lowest BCUT2D eigenvalue weighted by atomic mass is 10.1. The van der Waals surface area contributed by atoms with Crippen LogP contribution in [0.25, 0.3) is 0 Å². The second-order valence-corrected chi connectivity index (χ2v) is 7.63. The number of carbonyl (C=O) groups is 1. The normalized spacial score (nSPS) is 18.1. The summed E-state index contributed by atoms with van der Waals surface area (Å²) in [6, 6.07) is 11.2. The summed E-state index contributed by atoms with van der Waals surface area (Å²) < 4.78 is 56.1. The summed E-state index contributed by atoms with van der Waals surface area (Å²) in [5.41, 5.74) is 0.986. The zero-order chi connectivity index (χ0) is 23.1. The summed E-state index contributed by atoms with van der Waals surface area (Å²) in [6.45, 7) is 0.295. The number of amides is 1. The third kappa shape index (κ3) is 7.25. The Labute approximate surface area is 188 Å². The third-order valence-corrected chi connectivity index (χ3v) is 5.03. The van der Waals surface area contributed by atoms with Gasteiger partial charge in [-0.25, -0.2) is 9.78 Å². The van der Waals surface area contributed by atoms with Crippen molar-refractivity contribution in [1.82, 2.24) is 9.88 Å². The molecule has 1 amide bonds. The Morgan fingerprint density at radius 1 is 1.31 bits per heavy atom. The highest BCUT2D eigenvalue weighted by molar-refractivity contribution is 6.30. The number of hydrogen-bond acceptors (Lipinski definition) is 6. The zero-order valence-electron chi connectivity index (χ0n) is 17.3. The number of halogens is 4. The number of morpholine rings is 1. The van der Waals surface area contributed by atoms with Crippen LogP contribution in [0.2, 0.25) is 5.02 Å². The molecule has 1 saturated heterocycles. The van der Waals surface area contributed by atoms with Gasteiger partial charge in [0, 0.05) is 48.5 Å². The Morgan fingerprint density at radius 2 is 2.06 bits per heavy atom. The molecule has 3 rings (SSSR count). The van der Waals surface area contributed by atoms with Gasteiger partial charge in [-0.05, 0) is 30.3 Å². The Balaban J connectivity index is 1.58. The molecule has 2 heterocycles. The molecule has 1 aliphatic rings.